The summed E-state index contributed by atoms with van der Waals surface area (Å²) in [6.07, 6.45) is 25.3. The first-order valence-corrected chi connectivity index (χ1v) is 11.4. The van der Waals surface area contributed by atoms with Gasteiger partial charge in [-0.3, -0.25) is 0 Å². The van der Waals surface area contributed by atoms with E-state index in [0.717, 1.165) is 0 Å². The van der Waals surface area contributed by atoms with Crippen molar-refractivity contribution in [3.8, 4) is 0 Å². The van der Waals surface area contributed by atoms with Crippen molar-refractivity contribution in [3.63, 3.8) is 0 Å². The van der Waals surface area contributed by atoms with Crippen LogP contribution >= 0.6 is 0 Å². The lowest BCUT2D eigenvalue weighted by molar-refractivity contribution is -0.704. The van der Waals surface area contributed by atoms with Gasteiger partial charge < -0.3 is 0 Å². The van der Waals surface area contributed by atoms with Gasteiger partial charge in [-0.15, -0.1) is 0 Å². The zero-order chi connectivity index (χ0) is 18.2. The fraction of sp³-hybridized carbons (Fsp3) is 0.870. The molecule has 0 amide bonds. The van der Waals surface area contributed by atoms with Crippen LogP contribution in [0.3, 0.4) is 0 Å². The fourth-order valence-electron chi connectivity index (χ4n) is 3.69. The molecule has 1 aromatic heterocycles. The molecule has 0 atom stereocenters. The van der Waals surface area contributed by atoms with Crippen LogP contribution in [0, 0.1) is 0 Å². The molecular formula is C23H45N2+. The van der Waals surface area contributed by atoms with Crippen molar-refractivity contribution in [2.45, 2.75) is 130 Å². The smallest absolute Gasteiger partial charge is 0.234 e. The molecule has 0 aromatic carbocycles. The molecule has 0 bridgehead atoms. The van der Waals surface area contributed by atoms with Gasteiger partial charge in [0.25, 0.3) is 5.82 Å². The quantitative estimate of drug-likeness (QED) is 0.215. The first kappa shape index (κ1) is 22.3. The van der Waals surface area contributed by atoms with Crippen LogP contribution in [0.15, 0.2) is 12.4 Å². The van der Waals surface area contributed by atoms with Crippen LogP contribution in [0.1, 0.15) is 116 Å². The van der Waals surface area contributed by atoms with Crippen molar-refractivity contribution in [2.75, 3.05) is 0 Å². The molecule has 0 unspecified atom stereocenters. The average Bonchev–Trinajstić information content (AvgIpc) is 3.00. The van der Waals surface area contributed by atoms with Crippen LogP contribution in [0.5, 0.6) is 0 Å². The highest BCUT2D eigenvalue weighted by Crippen LogP contribution is 2.11. The van der Waals surface area contributed by atoms with Crippen LogP contribution in [0.4, 0.5) is 0 Å². The van der Waals surface area contributed by atoms with E-state index in [-0.39, 0.29) is 0 Å². The molecule has 146 valence electrons. The molecule has 0 radical (unpaired) electrons. The Morgan fingerprint density at radius 2 is 1.24 bits per heavy atom. The van der Waals surface area contributed by atoms with Gasteiger partial charge >= 0.3 is 0 Å². The van der Waals surface area contributed by atoms with Crippen LogP contribution < -0.4 is 4.57 Å². The van der Waals surface area contributed by atoms with Crippen molar-refractivity contribution < 1.29 is 4.57 Å². The van der Waals surface area contributed by atoms with Crippen molar-refractivity contribution in [1.82, 2.24) is 4.57 Å². The molecule has 1 rings (SSSR count). The molecule has 2 nitrogen and oxygen atoms in total. The minimum Gasteiger partial charge on any atom is -0.234 e. The summed E-state index contributed by atoms with van der Waals surface area (Å²) in [5, 5.41) is 0. The first-order valence-electron chi connectivity index (χ1n) is 11.4. The Morgan fingerprint density at radius 1 is 0.680 bits per heavy atom. The van der Waals surface area contributed by atoms with E-state index in [0.29, 0.717) is 0 Å². The predicted molar refractivity (Wildman–Crippen MR) is 110 cm³/mol. The van der Waals surface area contributed by atoms with Gasteiger partial charge in [-0.05, 0) is 25.7 Å². The van der Waals surface area contributed by atoms with Crippen LogP contribution in [-0.4, -0.2) is 4.57 Å². The maximum Gasteiger partial charge on any atom is 0.256 e. The van der Waals surface area contributed by atoms with Crippen LogP contribution in [0.2, 0.25) is 0 Å². The molecule has 1 heterocycles. The lowest BCUT2D eigenvalue weighted by atomic mass is 10.1. The number of aryl methyl sites for hydroxylation is 2. The highest BCUT2D eigenvalue weighted by Gasteiger charge is 2.15. The molecule has 0 N–H and O–H groups in total. The second kappa shape index (κ2) is 15.5. The van der Waals surface area contributed by atoms with E-state index in [1.54, 1.807) is 5.82 Å². The lowest BCUT2D eigenvalue weighted by Gasteiger charge is -2.05. The predicted octanol–water partition coefficient (Wildman–Crippen LogP) is 6.84. The summed E-state index contributed by atoms with van der Waals surface area (Å²) in [6, 6.07) is 0. The molecule has 2 heteroatoms. The number of hydrogen-bond donors (Lipinski definition) is 0. The Labute approximate surface area is 158 Å². The number of unbranched alkanes of at least 4 members (excludes halogenated alkanes) is 11. The maximum atomic E-state index is 2.52. The molecule has 0 aliphatic heterocycles. The summed E-state index contributed by atoms with van der Waals surface area (Å²) in [7, 11) is 0. The summed E-state index contributed by atoms with van der Waals surface area (Å²) in [5.41, 5.74) is 0. The number of nitrogens with zero attached hydrogens (tertiary/aromatic N) is 2. The van der Waals surface area contributed by atoms with Gasteiger partial charge in [0.2, 0.25) is 0 Å². The van der Waals surface area contributed by atoms with Crippen molar-refractivity contribution >= 4 is 0 Å². The van der Waals surface area contributed by atoms with Gasteiger partial charge in [0.1, 0.15) is 12.4 Å². The number of rotatable bonds is 17. The van der Waals surface area contributed by atoms with Gasteiger partial charge in [-0.25, -0.2) is 9.13 Å². The Balaban J connectivity index is 2.12. The van der Waals surface area contributed by atoms with Gasteiger partial charge in [0.15, 0.2) is 0 Å². The van der Waals surface area contributed by atoms with E-state index >= 15 is 0 Å². The number of imidazole rings is 1. The van der Waals surface area contributed by atoms with Gasteiger partial charge in [-0.2, -0.15) is 0 Å². The minimum absolute atomic E-state index is 1.19. The van der Waals surface area contributed by atoms with Gasteiger partial charge in [-0.1, -0.05) is 85.0 Å². The summed E-state index contributed by atoms with van der Waals surface area (Å²) in [5.74, 6) is 1.54. The third-order valence-corrected chi connectivity index (χ3v) is 5.32. The maximum absolute atomic E-state index is 2.52. The molecule has 0 aliphatic rings. The second-order valence-electron chi connectivity index (χ2n) is 7.74. The Bertz CT molecular complexity index is 408. The zero-order valence-corrected chi connectivity index (χ0v) is 17.6. The molecule has 25 heavy (non-hydrogen) atoms. The zero-order valence-electron chi connectivity index (χ0n) is 17.6. The van der Waals surface area contributed by atoms with E-state index in [9.17, 15) is 0 Å². The van der Waals surface area contributed by atoms with Crippen molar-refractivity contribution in [2.24, 2.45) is 0 Å². The monoisotopic (exact) mass is 349 g/mol. The largest absolute Gasteiger partial charge is 0.256 e. The van der Waals surface area contributed by atoms with Gasteiger partial charge in [0, 0.05) is 6.42 Å². The molecule has 0 aliphatic carbocycles. The van der Waals surface area contributed by atoms with Crippen LogP contribution in [-0.2, 0) is 19.5 Å². The van der Waals surface area contributed by atoms with E-state index in [4.69, 9.17) is 0 Å². The molecule has 0 saturated carbocycles. The molecule has 1 aromatic rings. The fourth-order valence-corrected chi connectivity index (χ4v) is 3.69. The van der Waals surface area contributed by atoms with E-state index in [2.05, 4.69) is 42.3 Å². The van der Waals surface area contributed by atoms with Crippen molar-refractivity contribution in [3.05, 3.63) is 18.2 Å². The Kier molecular flexibility index (Phi) is 13.8. The normalized spacial score (nSPS) is 11.3. The van der Waals surface area contributed by atoms with Crippen molar-refractivity contribution in [1.29, 1.82) is 0 Å². The summed E-state index contributed by atoms with van der Waals surface area (Å²) in [6.45, 7) is 9.28. The molecular weight excluding hydrogens is 304 g/mol. The number of hydrogen-bond acceptors (Lipinski definition) is 0. The SMILES string of the molecule is CCCCCCCCCCCCC[n+]1ccn(CCCC)c1CCC. The topological polar surface area (TPSA) is 8.81 Å². The standard InChI is InChI=1S/C23H45N2/c1-4-7-9-10-11-12-13-14-15-16-17-20-25-22-21-24(19-8-5-2)23(25)18-6-3/h21-22H,4-20H2,1-3H3/q+1. The average molecular weight is 350 g/mol. The van der Waals surface area contributed by atoms with E-state index in [1.165, 1.54) is 109 Å². The number of aromatic nitrogens is 2. The third kappa shape index (κ3) is 10.1. The van der Waals surface area contributed by atoms with E-state index in [1.807, 2.05) is 0 Å². The molecule has 0 fully saturated rings. The minimum atomic E-state index is 1.19. The first-order chi connectivity index (χ1) is 12.3. The highest BCUT2D eigenvalue weighted by molar-refractivity contribution is 4.83. The van der Waals surface area contributed by atoms with Crippen LogP contribution in [0.25, 0.3) is 0 Å². The summed E-state index contributed by atoms with van der Waals surface area (Å²) >= 11 is 0. The van der Waals surface area contributed by atoms with E-state index < -0.39 is 0 Å². The Morgan fingerprint density at radius 3 is 1.80 bits per heavy atom. The molecule has 0 saturated heterocycles. The van der Waals surface area contributed by atoms with Gasteiger partial charge in [0.05, 0.1) is 13.1 Å². The second-order valence-corrected chi connectivity index (χ2v) is 7.74. The lowest BCUT2D eigenvalue weighted by Crippen LogP contribution is -2.37. The summed E-state index contributed by atoms with van der Waals surface area (Å²) in [4.78, 5) is 0. The third-order valence-electron chi connectivity index (χ3n) is 5.32. The summed E-state index contributed by atoms with van der Waals surface area (Å²) < 4.78 is 5.01. The molecule has 0 spiro atoms. The Hall–Kier alpha value is -0.790. The highest BCUT2D eigenvalue weighted by atomic mass is 15.1.